The standard InChI is InChI=1S/C12H24N2O2/c1-4-10(2)13-8-11(15)14-9-12(16-3)6-5-7-12/h10,13H,4-9H2,1-3H3,(H,14,15). The van der Waals surface area contributed by atoms with Crippen molar-refractivity contribution in [1.82, 2.24) is 10.6 Å². The summed E-state index contributed by atoms with van der Waals surface area (Å²) in [6.45, 7) is 5.22. The van der Waals surface area contributed by atoms with Crippen molar-refractivity contribution < 1.29 is 9.53 Å². The summed E-state index contributed by atoms with van der Waals surface area (Å²) in [6.07, 6.45) is 4.36. The van der Waals surface area contributed by atoms with Gasteiger partial charge in [-0.05, 0) is 32.6 Å². The van der Waals surface area contributed by atoms with Gasteiger partial charge in [-0.15, -0.1) is 0 Å². The highest BCUT2D eigenvalue weighted by atomic mass is 16.5. The topological polar surface area (TPSA) is 50.4 Å². The molecule has 0 aliphatic heterocycles. The molecule has 1 saturated carbocycles. The fourth-order valence-corrected chi connectivity index (χ4v) is 1.76. The zero-order chi connectivity index (χ0) is 12.0. The molecule has 0 aromatic heterocycles. The van der Waals surface area contributed by atoms with Gasteiger partial charge in [0.05, 0.1) is 12.1 Å². The third kappa shape index (κ3) is 3.76. The lowest BCUT2D eigenvalue weighted by Crippen LogP contribution is -2.51. The van der Waals surface area contributed by atoms with Crippen LogP contribution in [-0.4, -0.2) is 37.7 Å². The molecule has 0 saturated heterocycles. The van der Waals surface area contributed by atoms with Crippen LogP contribution in [0.25, 0.3) is 0 Å². The molecule has 1 aliphatic rings. The second kappa shape index (κ2) is 6.21. The molecule has 0 spiro atoms. The molecule has 4 heteroatoms. The summed E-state index contributed by atoms with van der Waals surface area (Å²) < 4.78 is 5.44. The fourth-order valence-electron chi connectivity index (χ4n) is 1.76. The van der Waals surface area contributed by atoms with E-state index in [1.165, 1.54) is 6.42 Å². The van der Waals surface area contributed by atoms with Crippen LogP contribution in [0.2, 0.25) is 0 Å². The highest BCUT2D eigenvalue weighted by molar-refractivity contribution is 5.78. The van der Waals surface area contributed by atoms with E-state index in [0.29, 0.717) is 19.1 Å². The number of rotatable bonds is 7. The number of carbonyl (C=O) groups is 1. The third-order valence-electron chi connectivity index (χ3n) is 3.53. The average molecular weight is 228 g/mol. The quantitative estimate of drug-likeness (QED) is 0.685. The first-order valence-electron chi connectivity index (χ1n) is 6.17. The Hall–Kier alpha value is -0.610. The maximum absolute atomic E-state index is 11.5. The van der Waals surface area contributed by atoms with Crippen molar-refractivity contribution >= 4 is 5.91 Å². The first kappa shape index (κ1) is 13.5. The molecule has 0 heterocycles. The Morgan fingerprint density at radius 3 is 2.62 bits per heavy atom. The minimum atomic E-state index is -0.0773. The van der Waals surface area contributed by atoms with E-state index in [2.05, 4.69) is 24.5 Å². The lowest BCUT2D eigenvalue weighted by atomic mass is 9.80. The number of hydrogen-bond donors (Lipinski definition) is 2. The molecular formula is C12H24N2O2. The van der Waals surface area contributed by atoms with Crippen molar-refractivity contribution in [2.75, 3.05) is 20.2 Å². The Bertz CT molecular complexity index is 222. The average Bonchev–Trinajstić information content (AvgIpc) is 2.25. The minimum Gasteiger partial charge on any atom is -0.376 e. The lowest BCUT2D eigenvalue weighted by Gasteiger charge is -2.40. The molecule has 2 N–H and O–H groups in total. The first-order chi connectivity index (χ1) is 7.62. The Morgan fingerprint density at radius 2 is 2.19 bits per heavy atom. The maximum atomic E-state index is 11.5. The number of ether oxygens (including phenoxy) is 1. The molecule has 1 fully saturated rings. The number of nitrogens with one attached hydrogen (secondary N) is 2. The Morgan fingerprint density at radius 1 is 1.50 bits per heavy atom. The number of carbonyl (C=O) groups excluding carboxylic acids is 1. The van der Waals surface area contributed by atoms with Crippen LogP contribution in [0, 0.1) is 0 Å². The normalized spacial score (nSPS) is 19.9. The molecule has 1 unspecified atom stereocenters. The molecular weight excluding hydrogens is 204 g/mol. The van der Waals surface area contributed by atoms with Gasteiger partial charge in [0.25, 0.3) is 0 Å². The third-order valence-corrected chi connectivity index (χ3v) is 3.53. The van der Waals surface area contributed by atoms with Crippen molar-refractivity contribution in [3.8, 4) is 0 Å². The van der Waals surface area contributed by atoms with Gasteiger partial charge in [0.15, 0.2) is 0 Å². The van der Waals surface area contributed by atoms with Gasteiger partial charge in [0.1, 0.15) is 0 Å². The van der Waals surface area contributed by atoms with E-state index in [1.807, 2.05) is 0 Å². The summed E-state index contributed by atoms with van der Waals surface area (Å²) in [5.74, 6) is 0.0589. The monoisotopic (exact) mass is 228 g/mol. The zero-order valence-electron chi connectivity index (χ0n) is 10.6. The van der Waals surface area contributed by atoms with Crippen LogP contribution in [0.1, 0.15) is 39.5 Å². The second-order valence-corrected chi connectivity index (χ2v) is 4.71. The van der Waals surface area contributed by atoms with Crippen LogP contribution in [0.3, 0.4) is 0 Å². The van der Waals surface area contributed by atoms with Crippen LogP contribution in [0.4, 0.5) is 0 Å². The Kier molecular flexibility index (Phi) is 5.22. The molecule has 16 heavy (non-hydrogen) atoms. The zero-order valence-corrected chi connectivity index (χ0v) is 10.6. The maximum Gasteiger partial charge on any atom is 0.234 e. The molecule has 0 aromatic rings. The van der Waals surface area contributed by atoms with Gasteiger partial charge in [-0.3, -0.25) is 4.79 Å². The van der Waals surface area contributed by atoms with Gasteiger partial charge in [0.2, 0.25) is 5.91 Å². The Labute approximate surface area is 98.1 Å². The largest absolute Gasteiger partial charge is 0.376 e. The van der Waals surface area contributed by atoms with E-state index >= 15 is 0 Å². The van der Waals surface area contributed by atoms with Crippen LogP contribution >= 0.6 is 0 Å². The lowest BCUT2D eigenvalue weighted by molar-refractivity contribution is -0.124. The number of methoxy groups -OCH3 is 1. The van der Waals surface area contributed by atoms with Crippen LogP contribution in [0.5, 0.6) is 0 Å². The predicted molar refractivity (Wildman–Crippen MR) is 64.4 cm³/mol. The summed E-state index contributed by atoms with van der Waals surface area (Å²) in [6, 6.07) is 0.394. The summed E-state index contributed by atoms with van der Waals surface area (Å²) in [5, 5.41) is 6.10. The number of amides is 1. The minimum absolute atomic E-state index is 0.0589. The first-order valence-corrected chi connectivity index (χ1v) is 6.17. The summed E-state index contributed by atoms with van der Waals surface area (Å²) in [4.78, 5) is 11.5. The van der Waals surface area contributed by atoms with Crippen LogP contribution in [-0.2, 0) is 9.53 Å². The smallest absolute Gasteiger partial charge is 0.234 e. The summed E-state index contributed by atoms with van der Waals surface area (Å²) in [7, 11) is 1.72. The predicted octanol–water partition coefficient (Wildman–Crippen LogP) is 1.06. The summed E-state index contributed by atoms with van der Waals surface area (Å²) in [5.41, 5.74) is -0.0773. The second-order valence-electron chi connectivity index (χ2n) is 4.71. The van der Waals surface area contributed by atoms with E-state index in [9.17, 15) is 4.79 Å². The molecule has 0 aromatic carbocycles. The highest BCUT2D eigenvalue weighted by Gasteiger charge is 2.37. The highest BCUT2D eigenvalue weighted by Crippen LogP contribution is 2.34. The van der Waals surface area contributed by atoms with E-state index in [4.69, 9.17) is 4.74 Å². The van der Waals surface area contributed by atoms with Gasteiger partial charge >= 0.3 is 0 Å². The van der Waals surface area contributed by atoms with E-state index in [0.717, 1.165) is 19.3 Å². The fraction of sp³-hybridized carbons (Fsp3) is 0.917. The van der Waals surface area contributed by atoms with Crippen molar-refractivity contribution in [2.24, 2.45) is 0 Å². The summed E-state index contributed by atoms with van der Waals surface area (Å²) >= 11 is 0. The molecule has 1 amide bonds. The molecule has 1 rings (SSSR count). The van der Waals surface area contributed by atoms with Crippen molar-refractivity contribution in [3.63, 3.8) is 0 Å². The van der Waals surface area contributed by atoms with Crippen LogP contribution < -0.4 is 10.6 Å². The molecule has 0 bridgehead atoms. The Balaban J connectivity index is 2.14. The number of hydrogen-bond acceptors (Lipinski definition) is 3. The van der Waals surface area contributed by atoms with Gasteiger partial charge in [-0.1, -0.05) is 6.92 Å². The van der Waals surface area contributed by atoms with Gasteiger partial charge in [0, 0.05) is 19.7 Å². The van der Waals surface area contributed by atoms with E-state index in [-0.39, 0.29) is 11.5 Å². The molecule has 1 atom stereocenters. The van der Waals surface area contributed by atoms with Crippen molar-refractivity contribution in [3.05, 3.63) is 0 Å². The van der Waals surface area contributed by atoms with E-state index in [1.54, 1.807) is 7.11 Å². The SMILES string of the molecule is CCC(C)NCC(=O)NCC1(OC)CCC1. The van der Waals surface area contributed by atoms with Gasteiger partial charge < -0.3 is 15.4 Å². The van der Waals surface area contributed by atoms with Gasteiger partial charge in [-0.25, -0.2) is 0 Å². The molecule has 4 nitrogen and oxygen atoms in total. The van der Waals surface area contributed by atoms with Gasteiger partial charge in [-0.2, -0.15) is 0 Å². The molecule has 1 aliphatic carbocycles. The van der Waals surface area contributed by atoms with Crippen LogP contribution in [0.15, 0.2) is 0 Å². The van der Waals surface area contributed by atoms with E-state index < -0.39 is 0 Å². The molecule has 94 valence electrons. The molecule has 0 radical (unpaired) electrons. The van der Waals surface area contributed by atoms with Crippen molar-refractivity contribution in [2.45, 2.75) is 51.2 Å². The van der Waals surface area contributed by atoms with Crippen molar-refractivity contribution in [1.29, 1.82) is 0 Å².